The summed E-state index contributed by atoms with van der Waals surface area (Å²) in [5, 5.41) is 6.50. The van der Waals surface area contributed by atoms with Gasteiger partial charge in [0.15, 0.2) is 0 Å². The summed E-state index contributed by atoms with van der Waals surface area (Å²) in [5.74, 6) is -1.14. The lowest BCUT2D eigenvalue weighted by Gasteiger charge is -2.08. The number of hydrogen-bond acceptors (Lipinski definition) is 5. The fraction of sp³-hybridized carbons (Fsp3) is 0.100. The summed E-state index contributed by atoms with van der Waals surface area (Å²) in [5.41, 5.74) is 1.06. The molecular formula is C20H17N3O4. The molecule has 7 nitrogen and oxygen atoms in total. The molecule has 1 heterocycles. The van der Waals surface area contributed by atoms with Crippen molar-refractivity contribution in [2.45, 2.75) is 6.61 Å². The summed E-state index contributed by atoms with van der Waals surface area (Å²) >= 11 is 0. The van der Waals surface area contributed by atoms with Gasteiger partial charge < -0.3 is 10.1 Å². The maximum atomic E-state index is 12.2. The van der Waals surface area contributed by atoms with Gasteiger partial charge >= 0.3 is 5.97 Å². The van der Waals surface area contributed by atoms with Gasteiger partial charge in [-0.3, -0.25) is 14.4 Å². The van der Waals surface area contributed by atoms with Crippen LogP contribution in [-0.4, -0.2) is 28.2 Å². The van der Waals surface area contributed by atoms with Crippen molar-refractivity contribution < 1.29 is 14.3 Å². The fourth-order valence-corrected chi connectivity index (χ4v) is 2.32. The van der Waals surface area contributed by atoms with Gasteiger partial charge in [-0.25, -0.2) is 0 Å². The van der Waals surface area contributed by atoms with E-state index in [2.05, 4.69) is 10.4 Å². The van der Waals surface area contributed by atoms with E-state index in [9.17, 15) is 14.4 Å². The van der Waals surface area contributed by atoms with Crippen LogP contribution in [0.2, 0.25) is 0 Å². The average Bonchev–Trinajstić information content (AvgIpc) is 2.72. The quantitative estimate of drug-likeness (QED) is 0.673. The van der Waals surface area contributed by atoms with Gasteiger partial charge in [0.2, 0.25) is 0 Å². The second-order valence-corrected chi connectivity index (χ2v) is 5.63. The molecule has 0 aliphatic rings. The van der Waals surface area contributed by atoms with Gasteiger partial charge in [-0.1, -0.05) is 48.5 Å². The first-order chi connectivity index (χ1) is 13.1. The molecule has 0 radical (unpaired) electrons. The number of ether oxygens (including phenoxy) is 1. The van der Waals surface area contributed by atoms with Crippen molar-refractivity contribution in [3.8, 4) is 5.69 Å². The molecule has 0 atom stereocenters. The van der Waals surface area contributed by atoms with Crippen molar-refractivity contribution in [3.63, 3.8) is 0 Å². The Balaban J connectivity index is 1.60. The van der Waals surface area contributed by atoms with Gasteiger partial charge in [0, 0.05) is 6.07 Å². The SMILES string of the molecule is O=C(CNC(=O)c1ccc(=O)n(-c2ccccc2)n1)OCc1ccccc1. The first-order valence-corrected chi connectivity index (χ1v) is 8.27. The molecule has 0 unspecified atom stereocenters. The predicted molar refractivity (Wildman–Crippen MR) is 98.4 cm³/mol. The van der Waals surface area contributed by atoms with Gasteiger partial charge in [0.25, 0.3) is 11.5 Å². The van der Waals surface area contributed by atoms with Crippen LogP contribution >= 0.6 is 0 Å². The second-order valence-electron chi connectivity index (χ2n) is 5.63. The lowest BCUT2D eigenvalue weighted by atomic mass is 10.2. The number of nitrogens with zero attached hydrogens (tertiary/aromatic N) is 2. The first-order valence-electron chi connectivity index (χ1n) is 8.27. The molecule has 0 bridgehead atoms. The van der Waals surface area contributed by atoms with Crippen molar-refractivity contribution in [1.29, 1.82) is 0 Å². The highest BCUT2D eigenvalue weighted by Gasteiger charge is 2.12. The van der Waals surface area contributed by atoms with Crippen molar-refractivity contribution in [2.75, 3.05) is 6.54 Å². The van der Waals surface area contributed by atoms with E-state index in [1.807, 2.05) is 36.4 Å². The zero-order valence-corrected chi connectivity index (χ0v) is 14.4. The van der Waals surface area contributed by atoms with E-state index >= 15 is 0 Å². The lowest BCUT2D eigenvalue weighted by molar-refractivity contribution is -0.143. The number of esters is 1. The standard InChI is InChI=1S/C20H17N3O4/c24-18-12-11-17(22-23(18)16-9-5-2-6-10-16)20(26)21-13-19(25)27-14-15-7-3-1-4-8-15/h1-12H,13-14H2,(H,21,26). The van der Waals surface area contributed by atoms with Crippen LogP contribution in [0.1, 0.15) is 16.1 Å². The Morgan fingerprint density at radius 1 is 0.926 bits per heavy atom. The minimum Gasteiger partial charge on any atom is -0.460 e. The summed E-state index contributed by atoms with van der Waals surface area (Å²) in [4.78, 5) is 36.0. The molecule has 27 heavy (non-hydrogen) atoms. The Labute approximate surface area is 155 Å². The van der Waals surface area contributed by atoms with Crippen molar-refractivity contribution in [1.82, 2.24) is 15.1 Å². The van der Waals surface area contributed by atoms with Gasteiger partial charge in [0.05, 0.1) is 5.69 Å². The molecule has 0 saturated carbocycles. The molecule has 1 N–H and O–H groups in total. The zero-order chi connectivity index (χ0) is 19.1. The van der Waals surface area contributed by atoms with E-state index < -0.39 is 11.9 Å². The number of aromatic nitrogens is 2. The predicted octanol–water partition coefficient (Wildman–Crippen LogP) is 1.71. The highest BCUT2D eigenvalue weighted by Crippen LogP contribution is 2.03. The van der Waals surface area contributed by atoms with Crippen LogP contribution in [0, 0.1) is 0 Å². The number of rotatable bonds is 6. The summed E-state index contributed by atoms with van der Waals surface area (Å²) in [6, 6.07) is 20.5. The van der Waals surface area contributed by atoms with Crippen LogP contribution in [0.5, 0.6) is 0 Å². The summed E-state index contributed by atoms with van der Waals surface area (Å²) < 4.78 is 6.22. The first kappa shape index (κ1) is 18.1. The topological polar surface area (TPSA) is 90.3 Å². The zero-order valence-electron chi connectivity index (χ0n) is 14.4. The second kappa shape index (κ2) is 8.57. The third kappa shape index (κ3) is 4.88. The van der Waals surface area contributed by atoms with Crippen molar-refractivity contribution in [2.24, 2.45) is 0 Å². The molecule has 0 aliphatic carbocycles. The largest absolute Gasteiger partial charge is 0.460 e. The van der Waals surface area contributed by atoms with Crippen LogP contribution < -0.4 is 10.9 Å². The fourth-order valence-electron chi connectivity index (χ4n) is 2.32. The molecule has 0 saturated heterocycles. The molecular weight excluding hydrogens is 346 g/mol. The normalized spacial score (nSPS) is 10.2. The maximum Gasteiger partial charge on any atom is 0.325 e. The van der Waals surface area contributed by atoms with E-state index in [1.54, 1.807) is 24.3 Å². The molecule has 3 aromatic rings. The van der Waals surface area contributed by atoms with Gasteiger partial charge in [0.1, 0.15) is 18.8 Å². The average molecular weight is 363 g/mol. The number of nitrogens with one attached hydrogen (secondary N) is 1. The van der Waals surface area contributed by atoms with Gasteiger partial charge in [-0.2, -0.15) is 9.78 Å². The Bertz CT molecular complexity index is 985. The summed E-state index contributed by atoms with van der Waals surface area (Å²) in [6.45, 7) is -0.162. The van der Waals surface area contributed by atoms with Gasteiger partial charge in [-0.05, 0) is 23.8 Å². The highest BCUT2D eigenvalue weighted by molar-refractivity contribution is 5.94. The minimum absolute atomic E-state index is 0.0225. The molecule has 1 amide bonds. The van der Waals surface area contributed by atoms with E-state index in [4.69, 9.17) is 4.74 Å². The maximum absolute atomic E-state index is 12.2. The number of benzene rings is 2. The molecule has 136 valence electrons. The smallest absolute Gasteiger partial charge is 0.325 e. The van der Waals surface area contributed by atoms with Crippen molar-refractivity contribution in [3.05, 3.63) is 94.4 Å². The van der Waals surface area contributed by atoms with E-state index in [-0.39, 0.29) is 24.4 Å². The Hall–Kier alpha value is -3.74. The summed E-state index contributed by atoms with van der Waals surface area (Å²) in [6.07, 6.45) is 0. The van der Waals surface area contributed by atoms with Crippen molar-refractivity contribution >= 4 is 11.9 Å². The van der Waals surface area contributed by atoms with Crippen LogP contribution in [0.15, 0.2) is 77.6 Å². The Morgan fingerprint density at radius 3 is 2.30 bits per heavy atom. The number of carbonyl (C=O) groups is 2. The number of carbonyl (C=O) groups excluding carboxylic acids is 2. The van der Waals surface area contributed by atoms with E-state index in [0.717, 1.165) is 10.2 Å². The van der Waals surface area contributed by atoms with Crippen LogP contribution in [0.4, 0.5) is 0 Å². The molecule has 0 spiro atoms. The molecule has 1 aromatic heterocycles. The number of hydrogen-bond donors (Lipinski definition) is 1. The van der Waals surface area contributed by atoms with Crippen LogP contribution in [0.25, 0.3) is 5.69 Å². The van der Waals surface area contributed by atoms with Gasteiger partial charge in [-0.15, -0.1) is 0 Å². The number of para-hydroxylation sites is 1. The summed E-state index contributed by atoms with van der Waals surface area (Å²) in [7, 11) is 0. The third-order valence-corrected chi connectivity index (χ3v) is 3.67. The Kier molecular flexibility index (Phi) is 5.73. The monoisotopic (exact) mass is 363 g/mol. The minimum atomic E-state index is -0.573. The van der Waals surface area contributed by atoms with Crippen LogP contribution in [0.3, 0.4) is 0 Å². The number of amides is 1. The third-order valence-electron chi connectivity index (χ3n) is 3.67. The molecule has 7 heteroatoms. The molecule has 3 rings (SSSR count). The highest BCUT2D eigenvalue weighted by atomic mass is 16.5. The molecule has 0 fully saturated rings. The van der Waals surface area contributed by atoms with E-state index in [1.165, 1.54) is 12.1 Å². The molecule has 2 aromatic carbocycles. The lowest BCUT2D eigenvalue weighted by Crippen LogP contribution is -2.33. The molecule has 0 aliphatic heterocycles. The Morgan fingerprint density at radius 2 is 1.59 bits per heavy atom. The van der Waals surface area contributed by atoms with E-state index in [0.29, 0.717) is 5.69 Å². The van der Waals surface area contributed by atoms with Crippen LogP contribution in [-0.2, 0) is 16.1 Å².